The number of rotatable bonds is 3. The summed E-state index contributed by atoms with van der Waals surface area (Å²) < 4.78 is 7.81. The van der Waals surface area contributed by atoms with Crippen molar-refractivity contribution in [2.75, 3.05) is 7.11 Å². The van der Waals surface area contributed by atoms with Gasteiger partial charge in [0.25, 0.3) is 0 Å². The van der Waals surface area contributed by atoms with Crippen molar-refractivity contribution < 1.29 is 4.74 Å². The average Bonchev–Trinajstić information content (AvgIpc) is 3.01. The largest absolute Gasteiger partial charge is 0.381 e. The predicted octanol–water partition coefficient (Wildman–Crippen LogP) is 3.82. The van der Waals surface area contributed by atoms with Crippen molar-refractivity contribution in [2.45, 2.75) is 44.2 Å². The molecular weight excluding hydrogens is 260 g/mol. The molecule has 0 saturated heterocycles. The number of benzene rings is 1. The van der Waals surface area contributed by atoms with Gasteiger partial charge >= 0.3 is 0 Å². The summed E-state index contributed by atoms with van der Waals surface area (Å²) in [5.41, 5.74) is 3.51. The fourth-order valence-corrected chi connectivity index (χ4v) is 3.31. The third-order valence-electron chi connectivity index (χ3n) is 4.09. The molecule has 1 fully saturated rings. The van der Waals surface area contributed by atoms with Crippen LogP contribution in [0.1, 0.15) is 36.7 Å². The van der Waals surface area contributed by atoms with Gasteiger partial charge in [0.15, 0.2) is 0 Å². The molecule has 4 heteroatoms. The van der Waals surface area contributed by atoms with E-state index in [0.29, 0.717) is 18.0 Å². The first kappa shape index (κ1) is 12.9. The lowest BCUT2D eigenvalue weighted by atomic mass is 10.2. The molecule has 1 saturated carbocycles. The van der Waals surface area contributed by atoms with Gasteiger partial charge in [0.2, 0.25) is 0 Å². The van der Waals surface area contributed by atoms with Gasteiger partial charge in [-0.1, -0.05) is 6.07 Å². The Morgan fingerprint density at radius 3 is 2.95 bits per heavy atom. The highest BCUT2D eigenvalue weighted by Gasteiger charge is 2.28. The quantitative estimate of drug-likeness (QED) is 0.798. The van der Waals surface area contributed by atoms with Crippen LogP contribution in [0.15, 0.2) is 18.2 Å². The second-order valence-corrected chi connectivity index (χ2v) is 5.62. The van der Waals surface area contributed by atoms with E-state index in [1.807, 2.05) is 0 Å². The number of imidazole rings is 1. The first-order chi connectivity index (χ1) is 9.22. The molecule has 19 heavy (non-hydrogen) atoms. The Kier molecular flexibility index (Phi) is 3.50. The van der Waals surface area contributed by atoms with Crippen LogP contribution in [-0.2, 0) is 10.6 Å². The Hall–Kier alpha value is -1.06. The van der Waals surface area contributed by atoms with Gasteiger partial charge in [0.05, 0.1) is 23.0 Å². The number of ether oxygens (including phenoxy) is 1. The normalized spacial score (nSPS) is 23.3. The van der Waals surface area contributed by atoms with E-state index in [9.17, 15) is 0 Å². The summed E-state index contributed by atoms with van der Waals surface area (Å²) in [6, 6.07) is 6.86. The summed E-state index contributed by atoms with van der Waals surface area (Å²) >= 11 is 6.08. The fourth-order valence-electron chi connectivity index (χ4n) is 3.12. The van der Waals surface area contributed by atoms with E-state index in [1.54, 1.807) is 7.11 Å². The first-order valence-electron chi connectivity index (χ1n) is 6.79. The van der Waals surface area contributed by atoms with E-state index in [-0.39, 0.29) is 0 Å². The van der Waals surface area contributed by atoms with Crippen LogP contribution < -0.4 is 0 Å². The number of halogens is 1. The molecule has 1 heterocycles. The molecular formula is C15H19ClN2O. The molecule has 0 aliphatic heterocycles. The maximum absolute atomic E-state index is 6.08. The SMILES string of the molecule is COC1CCC(n2c(CCl)nc3ccc(C)cc32)C1. The van der Waals surface area contributed by atoms with Crippen molar-refractivity contribution in [2.24, 2.45) is 0 Å². The molecule has 1 aliphatic carbocycles. The second-order valence-electron chi connectivity index (χ2n) is 5.35. The number of alkyl halides is 1. The van der Waals surface area contributed by atoms with Crippen LogP contribution in [0.5, 0.6) is 0 Å². The van der Waals surface area contributed by atoms with Crippen LogP contribution in [0.25, 0.3) is 11.0 Å². The van der Waals surface area contributed by atoms with Crippen molar-refractivity contribution in [3.63, 3.8) is 0 Å². The lowest BCUT2D eigenvalue weighted by Crippen LogP contribution is -2.11. The van der Waals surface area contributed by atoms with Crippen molar-refractivity contribution >= 4 is 22.6 Å². The highest BCUT2D eigenvalue weighted by molar-refractivity contribution is 6.16. The number of aromatic nitrogens is 2. The Morgan fingerprint density at radius 1 is 1.42 bits per heavy atom. The summed E-state index contributed by atoms with van der Waals surface area (Å²) in [7, 11) is 1.80. The summed E-state index contributed by atoms with van der Waals surface area (Å²) in [6.45, 7) is 2.11. The Morgan fingerprint density at radius 2 is 2.26 bits per heavy atom. The third kappa shape index (κ3) is 2.26. The third-order valence-corrected chi connectivity index (χ3v) is 4.33. The van der Waals surface area contributed by atoms with Gasteiger partial charge in [-0.2, -0.15) is 0 Å². The summed E-state index contributed by atoms with van der Waals surface area (Å²) in [5, 5.41) is 0. The number of methoxy groups -OCH3 is 1. The van der Waals surface area contributed by atoms with Crippen molar-refractivity contribution in [1.29, 1.82) is 0 Å². The Bertz CT molecular complexity index is 593. The molecule has 3 nitrogen and oxygen atoms in total. The molecule has 0 N–H and O–H groups in total. The van der Waals surface area contributed by atoms with Crippen LogP contribution >= 0.6 is 11.6 Å². The highest BCUT2D eigenvalue weighted by atomic mass is 35.5. The molecule has 2 unspecified atom stereocenters. The summed E-state index contributed by atoms with van der Waals surface area (Å²) in [4.78, 5) is 4.66. The molecule has 2 aromatic rings. The van der Waals surface area contributed by atoms with Crippen LogP contribution in [-0.4, -0.2) is 22.8 Å². The molecule has 0 spiro atoms. The van der Waals surface area contributed by atoms with E-state index in [4.69, 9.17) is 16.3 Å². The first-order valence-corrected chi connectivity index (χ1v) is 7.32. The Labute approximate surface area is 118 Å². The maximum atomic E-state index is 6.08. The summed E-state index contributed by atoms with van der Waals surface area (Å²) in [5.74, 6) is 1.44. The molecule has 3 rings (SSSR count). The molecule has 2 atom stereocenters. The van der Waals surface area contributed by atoms with E-state index in [0.717, 1.165) is 30.6 Å². The molecule has 1 aromatic carbocycles. The van der Waals surface area contributed by atoms with Gasteiger partial charge in [-0.3, -0.25) is 0 Å². The van der Waals surface area contributed by atoms with E-state index >= 15 is 0 Å². The number of nitrogens with zero attached hydrogens (tertiary/aromatic N) is 2. The number of hydrogen-bond acceptors (Lipinski definition) is 2. The predicted molar refractivity (Wildman–Crippen MR) is 77.7 cm³/mol. The molecule has 0 bridgehead atoms. The van der Waals surface area contributed by atoms with Gasteiger partial charge in [0.1, 0.15) is 5.82 Å². The molecule has 1 aliphatic rings. The zero-order chi connectivity index (χ0) is 13.4. The van der Waals surface area contributed by atoms with E-state index in [1.165, 1.54) is 11.1 Å². The second kappa shape index (κ2) is 5.14. The monoisotopic (exact) mass is 278 g/mol. The van der Waals surface area contributed by atoms with Gasteiger partial charge in [-0.05, 0) is 43.9 Å². The average molecular weight is 279 g/mol. The molecule has 102 valence electrons. The zero-order valence-corrected chi connectivity index (χ0v) is 12.2. The highest BCUT2D eigenvalue weighted by Crippen LogP contribution is 2.35. The van der Waals surface area contributed by atoms with Gasteiger partial charge in [0, 0.05) is 13.2 Å². The van der Waals surface area contributed by atoms with Crippen molar-refractivity contribution in [3.8, 4) is 0 Å². The number of aryl methyl sites for hydroxylation is 1. The lowest BCUT2D eigenvalue weighted by molar-refractivity contribution is 0.106. The van der Waals surface area contributed by atoms with Crippen LogP contribution in [0.4, 0.5) is 0 Å². The number of hydrogen-bond donors (Lipinski definition) is 0. The van der Waals surface area contributed by atoms with Crippen LogP contribution in [0.2, 0.25) is 0 Å². The topological polar surface area (TPSA) is 27.1 Å². The maximum Gasteiger partial charge on any atom is 0.125 e. The lowest BCUT2D eigenvalue weighted by Gasteiger charge is -2.16. The van der Waals surface area contributed by atoms with Crippen molar-refractivity contribution in [3.05, 3.63) is 29.6 Å². The van der Waals surface area contributed by atoms with Gasteiger partial charge in [-0.25, -0.2) is 4.98 Å². The van der Waals surface area contributed by atoms with Crippen molar-refractivity contribution in [1.82, 2.24) is 9.55 Å². The smallest absolute Gasteiger partial charge is 0.125 e. The summed E-state index contributed by atoms with van der Waals surface area (Å²) in [6.07, 6.45) is 3.69. The van der Waals surface area contributed by atoms with E-state index in [2.05, 4.69) is 34.7 Å². The van der Waals surface area contributed by atoms with Gasteiger partial charge in [-0.15, -0.1) is 11.6 Å². The molecule has 0 amide bonds. The molecule has 0 radical (unpaired) electrons. The van der Waals surface area contributed by atoms with E-state index < -0.39 is 0 Å². The number of fused-ring (bicyclic) bond motifs is 1. The Balaban J connectivity index is 2.08. The fraction of sp³-hybridized carbons (Fsp3) is 0.533. The standard InChI is InChI=1S/C15H19ClN2O/c1-10-3-6-13-14(7-10)18(15(9-16)17-13)11-4-5-12(8-11)19-2/h3,6-7,11-12H,4-5,8-9H2,1-2H3. The minimum Gasteiger partial charge on any atom is -0.381 e. The zero-order valence-electron chi connectivity index (χ0n) is 11.4. The minimum absolute atomic E-state index is 0.371. The van der Waals surface area contributed by atoms with Crippen LogP contribution in [0.3, 0.4) is 0 Å². The van der Waals surface area contributed by atoms with Gasteiger partial charge < -0.3 is 9.30 Å². The molecule has 1 aromatic heterocycles. The minimum atomic E-state index is 0.371. The van der Waals surface area contributed by atoms with Crippen LogP contribution in [0, 0.1) is 6.92 Å².